The number of carboxylic acids is 1. The number of benzene rings is 1. The molecule has 2 saturated heterocycles. The first kappa shape index (κ1) is 13.4. The average molecular weight is 286 g/mol. The zero-order valence-corrected chi connectivity index (χ0v) is 10.4. The smallest absolute Gasteiger partial charge is 0.416 e. The molecule has 0 aromatic heterocycles. The normalized spacial score (nSPS) is 32.5. The third kappa shape index (κ3) is 2.08. The van der Waals surface area contributed by atoms with Crippen LogP contribution in [0.5, 0.6) is 0 Å². The maximum absolute atomic E-state index is 12.5. The van der Waals surface area contributed by atoms with E-state index in [1.54, 1.807) is 0 Å². The molecule has 3 nitrogen and oxygen atoms in total. The Morgan fingerprint density at radius 3 is 2.30 bits per heavy atom. The van der Waals surface area contributed by atoms with Crippen molar-refractivity contribution in [3.8, 4) is 0 Å². The average Bonchev–Trinajstić information content (AvgIpc) is 2.97. The molecule has 20 heavy (non-hydrogen) atoms. The van der Waals surface area contributed by atoms with Gasteiger partial charge in [-0.1, -0.05) is 12.1 Å². The highest BCUT2D eigenvalue weighted by Gasteiger charge is 2.53. The molecule has 1 aromatic rings. The van der Waals surface area contributed by atoms with E-state index in [2.05, 4.69) is 0 Å². The van der Waals surface area contributed by atoms with Gasteiger partial charge in [0.25, 0.3) is 0 Å². The molecule has 0 spiro atoms. The van der Waals surface area contributed by atoms with Crippen LogP contribution < -0.4 is 0 Å². The number of carbonyl (C=O) groups is 1. The van der Waals surface area contributed by atoms with E-state index in [4.69, 9.17) is 4.74 Å². The zero-order valence-electron chi connectivity index (χ0n) is 10.4. The van der Waals surface area contributed by atoms with Gasteiger partial charge in [0.1, 0.15) is 0 Å². The van der Waals surface area contributed by atoms with Gasteiger partial charge in [-0.25, -0.2) is 0 Å². The molecular formula is C14H13F3O3. The summed E-state index contributed by atoms with van der Waals surface area (Å²) < 4.78 is 43.2. The summed E-state index contributed by atoms with van der Waals surface area (Å²) in [6.07, 6.45) is -3.42. The Labute approximate surface area is 113 Å². The minimum absolute atomic E-state index is 0.196. The third-order valence-corrected chi connectivity index (χ3v) is 4.18. The Hall–Kier alpha value is -1.56. The maximum atomic E-state index is 12.5. The van der Waals surface area contributed by atoms with Crippen LogP contribution in [-0.2, 0) is 15.7 Å². The highest BCUT2D eigenvalue weighted by Crippen LogP contribution is 2.49. The number of alkyl halides is 3. The molecule has 2 aliphatic heterocycles. The number of halogens is 3. The monoisotopic (exact) mass is 286 g/mol. The fraction of sp³-hybridized carbons (Fsp3) is 0.500. The van der Waals surface area contributed by atoms with Crippen LogP contribution >= 0.6 is 0 Å². The predicted octanol–water partition coefficient (Wildman–Crippen LogP) is 3.05. The van der Waals surface area contributed by atoms with Crippen molar-refractivity contribution in [2.45, 2.75) is 37.1 Å². The summed E-state index contributed by atoms with van der Waals surface area (Å²) in [5.74, 6) is -1.96. The number of hydrogen-bond donors (Lipinski definition) is 1. The molecule has 3 rings (SSSR count). The number of fused-ring (bicyclic) bond motifs is 2. The molecule has 0 amide bonds. The lowest BCUT2D eigenvalue weighted by atomic mass is 9.75. The standard InChI is InChI=1S/C14H13F3O3/c15-14(16,17)8-3-1-7(2-4-8)11-9-5-6-10(20-9)12(11)13(18)19/h1-4,9-12H,5-6H2,(H,18,19). The molecule has 2 fully saturated rings. The zero-order chi connectivity index (χ0) is 14.5. The largest absolute Gasteiger partial charge is 0.481 e. The Kier molecular flexibility index (Phi) is 3.01. The van der Waals surface area contributed by atoms with Crippen molar-refractivity contribution in [3.05, 3.63) is 35.4 Å². The number of carboxylic acid groups (broad SMARTS) is 1. The van der Waals surface area contributed by atoms with Crippen LogP contribution in [0, 0.1) is 5.92 Å². The molecule has 108 valence electrons. The summed E-state index contributed by atoms with van der Waals surface area (Å²) in [5, 5.41) is 9.29. The van der Waals surface area contributed by atoms with E-state index < -0.39 is 23.6 Å². The molecule has 4 atom stereocenters. The second kappa shape index (κ2) is 4.48. The van der Waals surface area contributed by atoms with E-state index in [-0.39, 0.29) is 18.1 Å². The molecule has 1 N–H and O–H groups in total. The van der Waals surface area contributed by atoms with E-state index in [1.807, 2.05) is 0 Å². The van der Waals surface area contributed by atoms with Crippen molar-refractivity contribution in [2.75, 3.05) is 0 Å². The van der Waals surface area contributed by atoms with E-state index in [1.165, 1.54) is 12.1 Å². The summed E-state index contributed by atoms with van der Waals surface area (Å²) in [5.41, 5.74) is -0.116. The van der Waals surface area contributed by atoms with Crippen LogP contribution in [0.1, 0.15) is 29.9 Å². The Morgan fingerprint density at radius 1 is 1.15 bits per heavy atom. The van der Waals surface area contributed by atoms with Crippen molar-refractivity contribution in [1.29, 1.82) is 0 Å². The summed E-state index contributed by atoms with van der Waals surface area (Å²) >= 11 is 0. The Balaban J connectivity index is 1.90. The quantitative estimate of drug-likeness (QED) is 0.909. The second-order valence-electron chi connectivity index (χ2n) is 5.30. The molecule has 4 unspecified atom stereocenters. The third-order valence-electron chi connectivity index (χ3n) is 4.18. The number of rotatable bonds is 2. The molecule has 2 heterocycles. The van der Waals surface area contributed by atoms with Crippen LogP contribution in [0.25, 0.3) is 0 Å². The number of ether oxygens (including phenoxy) is 1. The van der Waals surface area contributed by atoms with Crippen LogP contribution in [0.15, 0.2) is 24.3 Å². The maximum Gasteiger partial charge on any atom is 0.416 e. The highest BCUT2D eigenvalue weighted by molar-refractivity contribution is 5.73. The summed E-state index contributed by atoms with van der Waals surface area (Å²) in [7, 11) is 0. The minimum Gasteiger partial charge on any atom is -0.481 e. The molecule has 1 aromatic carbocycles. The van der Waals surface area contributed by atoms with Gasteiger partial charge < -0.3 is 9.84 Å². The van der Waals surface area contributed by atoms with Gasteiger partial charge in [-0.15, -0.1) is 0 Å². The van der Waals surface area contributed by atoms with E-state index >= 15 is 0 Å². The van der Waals surface area contributed by atoms with Crippen LogP contribution in [0.2, 0.25) is 0 Å². The van der Waals surface area contributed by atoms with Crippen molar-refractivity contribution in [3.63, 3.8) is 0 Å². The summed E-state index contributed by atoms with van der Waals surface area (Å²) in [4.78, 5) is 11.3. The van der Waals surface area contributed by atoms with Crippen LogP contribution in [-0.4, -0.2) is 23.3 Å². The van der Waals surface area contributed by atoms with Gasteiger partial charge in [0.2, 0.25) is 0 Å². The van der Waals surface area contributed by atoms with Crippen LogP contribution in [0.3, 0.4) is 0 Å². The topological polar surface area (TPSA) is 46.5 Å². The lowest BCUT2D eigenvalue weighted by Gasteiger charge is -2.25. The van der Waals surface area contributed by atoms with Gasteiger partial charge in [0.05, 0.1) is 23.7 Å². The van der Waals surface area contributed by atoms with Crippen molar-refractivity contribution >= 4 is 5.97 Å². The summed E-state index contributed by atoms with van der Waals surface area (Å²) in [6.45, 7) is 0. The lowest BCUT2D eigenvalue weighted by Crippen LogP contribution is -2.31. The number of aliphatic carboxylic acids is 1. The summed E-state index contributed by atoms with van der Waals surface area (Å²) in [6, 6.07) is 4.74. The van der Waals surface area contributed by atoms with Gasteiger partial charge >= 0.3 is 12.1 Å². The highest BCUT2D eigenvalue weighted by atomic mass is 19.4. The molecule has 2 aliphatic rings. The Bertz CT molecular complexity index is 523. The predicted molar refractivity (Wildman–Crippen MR) is 63.2 cm³/mol. The molecule has 0 aliphatic carbocycles. The van der Waals surface area contributed by atoms with Gasteiger partial charge in [-0.2, -0.15) is 13.2 Å². The van der Waals surface area contributed by atoms with Gasteiger partial charge in [-0.3, -0.25) is 4.79 Å². The Morgan fingerprint density at radius 2 is 1.75 bits per heavy atom. The van der Waals surface area contributed by atoms with E-state index in [0.29, 0.717) is 12.0 Å². The van der Waals surface area contributed by atoms with Gasteiger partial charge in [0.15, 0.2) is 0 Å². The minimum atomic E-state index is -4.38. The van der Waals surface area contributed by atoms with Crippen molar-refractivity contribution in [2.24, 2.45) is 5.92 Å². The van der Waals surface area contributed by atoms with E-state index in [9.17, 15) is 23.1 Å². The first-order chi connectivity index (χ1) is 9.38. The molecule has 6 heteroatoms. The number of hydrogen-bond acceptors (Lipinski definition) is 2. The molecular weight excluding hydrogens is 273 g/mol. The fourth-order valence-electron chi connectivity index (χ4n) is 3.31. The van der Waals surface area contributed by atoms with Gasteiger partial charge in [0, 0.05) is 5.92 Å². The molecule has 0 saturated carbocycles. The first-order valence-electron chi connectivity index (χ1n) is 6.43. The lowest BCUT2D eigenvalue weighted by molar-refractivity contribution is -0.144. The van der Waals surface area contributed by atoms with Crippen molar-refractivity contribution in [1.82, 2.24) is 0 Å². The van der Waals surface area contributed by atoms with Gasteiger partial charge in [-0.05, 0) is 30.5 Å². The van der Waals surface area contributed by atoms with Crippen LogP contribution in [0.4, 0.5) is 13.2 Å². The molecule has 2 bridgehead atoms. The SMILES string of the molecule is O=C(O)C1C2CCC(O2)C1c1ccc(C(F)(F)F)cc1. The molecule has 0 radical (unpaired) electrons. The fourth-order valence-corrected chi connectivity index (χ4v) is 3.31. The van der Waals surface area contributed by atoms with Crippen molar-refractivity contribution < 1.29 is 27.8 Å². The second-order valence-corrected chi connectivity index (χ2v) is 5.30. The van der Waals surface area contributed by atoms with E-state index in [0.717, 1.165) is 18.6 Å². The first-order valence-corrected chi connectivity index (χ1v) is 6.43.